The van der Waals surface area contributed by atoms with Gasteiger partial charge in [-0.1, -0.05) is 37.9 Å². The lowest BCUT2D eigenvalue weighted by Crippen LogP contribution is -2.40. The molecule has 1 amide bonds. The van der Waals surface area contributed by atoms with Gasteiger partial charge in [-0.05, 0) is 18.1 Å². The van der Waals surface area contributed by atoms with Crippen LogP contribution in [0.3, 0.4) is 0 Å². The van der Waals surface area contributed by atoms with Gasteiger partial charge in [0.05, 0.1) is 22.4 Å². The highest BCUT2D eigenvalue weighted by Gasteiger charge is 2.21. The Hall–Kier alpha value is -1.26. The average Bonchev–Trinajstić information content (AvgIpc) is 2.36. The number of para-hydroxylation sites is 1. The van der Waals surface area contributed by atoms with Gasteiger partial charge in [0.25, 0.3) is 0 Å². The summed E-state index contributed by atoms with van der Waals surface area (Å²) in [5.41, 5.74) is 7.39. The highest BCUT2D eigenvalue weighted by Crippen LogP contribution is 2.32. The van der Waals surface area contributed by atoms with Crippen LogP contribution in [0.1, 0.15) is 20.3 Å². The molecule has 0 radical (unpaired) electrons. The molecule has 1 aromatic carbocycles. The largest absolute Gasteiger partial charge is 0.375 e. The first-order valence-electron chi connectivity index (χ1n) is 6.40. The van der Waals surface area contributed by atoms with Gasteiger partial charge in [-0.2, -0.15) is 0 Å². The molecule has 4 nitrogen and oxygen atoms in total. The highest BCUT2D eigenvalue weighted by molar-refractivity contribution is 6.34. The molecule has 2 atom stereocenters. The van der Waals surface area contributed by atoms with Crippen LogP contribution in [-0.2, 0) is 4.79 Å². The van der Waals surface area contributed by atoms with E-state index in [1.54, 1.807) is 12.1 Å². The number of anilines is 2. The molecule has 0 heterocycles. The topological polar surface area (TPSA) is 58.4 Å². The number of nitrogens with zero attached hydrogens (tertiary/aromatic N) is 1. The van der Waals surface area contributed by atoms with Gasteiger partial charge in [-0.25, -0.2) is 0 Å². The van der Waals surface area contributed by atoms with Crippen molar-refractivity contribution in [3.63, 3.8) is 0 Å². The maximum Gasteiger partial charge on any atom is 0.241 e. The fourth-order valence-corrected chi connectivity index (χ4v) is 2.14. The number of benzene rings is 1. The molecule has 0 saturated carbocycles. The monoisotopic (exact) mass is 283 g/mol. The van der Waals surface area contributed by atoms with Crippen LogP contribution in [0.2, 0.25) is 5.02 Å². The van der Waals surface area contributed by atoms with E-state index in [-0.39, 0.29) is 11.8 Å². The van der Waals surface area contributed by atoms with E-state index in [0.29, 0.717) is 10.7 Å². The van der Waals surface area contributed by atoms with Gasteiger partial charge in [-0.15, -0.1) is 0 Å². The third-order valence-electron chi connectivity index (χ3n) is 3.25. The average molecular weight is 284 g/mol. The number of hydrogen-bond acceptors (Lipinski definition) is 3. The van der Waals surface area contributed by atoms with Crippen LogP contribution in [0, 0.1) is 5.92 Å². The van der Waals surface area contributed by atoms with E-state index in [0.717, 1.165) is 12.1 Å². The lowest BCUT2D eigenvalue weighted by molar-refractivity contribution is -0.118. The van der Waals surface area contributed by atoms with Gasteiger partial charge in [-0.3, -0.25) is 4.79 Å². The number of rotatable bonds is 5. The predicted octanol–water partition coefficient (Wildman–Crippen LogP) is 2.72. The molecule has 0 aliphatic rings. The molecule has 0 bridgehead atoms. The van der Waals surface area contributed by atoms with Crippen molar-refractivity contribution in [2.75, 3.05) is 24.3 Å². The SMILES string of the molecule is CCC(C)C(N)C(=O)Nc1cccc(Cl)c1N(C)C. The summed E-state index contributed by atoms with van der Waals surface area (Å²) in [5.74, 6) is -0.0401. The van der Waals surface area contributed by atoms with E-state index >= 15 is 0 Å². The Morgan fingerprint density at radius 2 is 2.11 bits per heavy atom. The highest BCUT2D eigenvalue weighted by atomic mass is 35.5. The van der Waals surface area contributed by atoms with Crippen molar-refractivity contribution in [2.24, 2.45) is 11.7 Å². The van der Waals surface area contributed by atoms with Gasteiger partial charge in [0, 0.05) is 14.1 Å². The van der Waals surface area contributed by atoms with Crippen LogP contribution >= 0.6 is 11.6 Å². The van der Waals surface area contributed by atoms with Crippen molar-refractivity contribution in [1.29, 1.82) is 0 Å². The smallest absolute Gasteiger partial charge is 0.241 e. The van der Waals surface area contributed by atoms with Gasteiger partial charge >= 0.3 is 0 Å². The van der Waals surface area contributed by atoms with E-state index in [4.69, 9.17) is 17.3 Å². The number of nitrogens with one attached hydrogen (secondary N) is 1. The summed E-state index contributed by atoms with van der Waals surface area (Å²) in [7, 11) is 3.76. The summed E-state index contributed by atoms with van der Waals surface area (Å²) >= 11 is 6.15. The lowest BCUT2D eigenvalue weighted by atomic mass is 9.99. The molecule has 0 fully saturated rings. The van der Waals surface area contributed by atoms with Crippen LogP contribution in [0.4, 0.5) is 11.4 Å². The van der Waals surface area contributed by atoms with Gasteiger partial charge in [0.1, 0.15) is 0 Å². The van der Waals surface area contributed by atoms with Crippen molar-refractivity contribution in [3.05, 3.63) is 23.2 Å². The zero-order valence-corrected chi connectivity index (χ0v) is 12.7. The van der Waals surface area contributed by atoms with Gasteiger partial charge < -0.3 is 16.0 Å². The van der Waals surface area contributed by atoms with E-state index in [1.165, 1.54) is 0 Å². The standard InChI is InChI=1S/C14H22ClN3O/c1-5-9(2)12(16)14(19)17-11-8-6-7-10(15)13(11)18(3)4/h6-9,12H,5,16H2,1-4H3,(H,17,19). The molecule has 19 heavy (non-hydrogen) atoms. The number of hydrogen-bond donors (Lipinski definition) is 2. The second kappa shape index (κ2) is 6.78. The first kappa shape index (κ1) is 15.8. The van der Waals surface area contributed by atoms with Crippen molar-refractivity contribution < 1.29 is 4.79 Å². The molecule has 3 N–H and O–H groups in total. The van der Waals surface area contributed by atoms with Gasteiger partial charge in [0.15, 0.2) is 0 Å². The summed E-state index contributed by atoms with van der Waals surface area (Å²) in [6.07, 6.45) is 0.866. The zero-order valence-electron chi connectivity index (χ0n) is 11.9. The minimum absolute atomic E-state index is 0.141. The summed E-state index contributed by atoms with van der Waals surface area (Å²) in [6.45, 7) is 3.98. The molecule has 0 aliphatic heterocycles. The summed E-state index contributed by atoms with van der Waals surface area (Å²) in [5, 5.41) is 3.45. The molecule has 2 unspecified atom stereocenters. The summed E-state index contributed by atoms with van der Waals surface area (Å²) < 4.78 is 0. The number of amides is 1. The third-order valence-corrected chi connectivity index (χ3v) is 3.56. The van der Waals surface area contributed by atoms with E-state index in [9.17, 15) is 4.79 Å². The zero-order chi connectivity index (χ0) is 14.6. The maximum atomic E-state index is 12.1. The molecule has 0 spiro atoms. The quantitative estimate of drug-likeness (QED) is 0.873. The van der Waals surface area contributed by atoms with Crippen LogP contribution in [0.15, 0.2) is 18.2 Å². The number of carbonyl (C=O) groups excluding carboxylic acids is 1. The Morgan fingerprint density at radius 3 is 2.63 bits per heavy atom. The number of nitrogens with two attached hydrogens (primary N) is 1. The van der Waals surface area contributed by atoms with Crippen molar-refractivity contribution in [1.82, 2.24) is 0 Å². The normalized spacial score (nSPS) is 13.8. The lowest BCUT2D eigenvalue weighted by Gasteiger charge is -2.22. The molecular formula is C14H22ClN3O. The molecule has 0 aromatic heterocycles. The molecule has 0 aliphatic carbocycles. The second-order valence-electron chi connectivity index (χ2n) is 4.93. The van der Waals surface area contributed by atoms with E-state index < -0.39 is 6.04 Å². The minimum Gasteiger partial charge on any atom is -0.375 e. The van der Waals surface area contributed by atoms with Crippen LogP contribution in [-0.4, -0.2) is 26.0 Å². The fourth-order valence-electron chi connectivity index (χ4n) is 1.80. The molecule has 0 saturated heterocycles. The van der Waals surface area contributed by atoms with E-state index in [1.807, 2.05) is 38.9 Å². The number of carbonyl (C=O) groups is 1. The first-order chi connectivity index (χ1) is 8.88. The number of halogens is 1. The Bertz CT molecular complexity index is 448. The Kier molecular flexibility index (Phi) is 5.63. The van der Waals surface area contributed by atoms with E-state index in [2.05, 4.69) is 5.32 Å². The molecule has 1 aromatic rings. The Balaban J connectivity index is 2.94. The van der Waals surface area contributed by atoms with Crippen LogP contribution < -0.4 is 16.0 Å². The van der Waals surface area contributed by atoms with Crippen LogP contribution in [0.5, 0.6) is 0 Å². The Labute approximate surface area is 119 Å². The first-order valence-corrected chi connectivity index (χ1v) is 6.78. The molecule has 1 rings (SSSR count). The maximum absolute atomic E-state index is 12.1. The van der Waals surface area contributed by atoms with Crippen LogP contribution in [0.25, 0.3) is 0 Å². The molecule has 5 heteroatoms. The summed E-state index contributed by atoms with van der Waals surface area (Å²) in [6, 6.07) is 4.91. The van der Waals surface area contributed by atoms with Crippen molar-refractivity contribution in [3.8, 4) is 0 Å². The Morgan fingerprint density at radius 1 is 1.47 bits per heavy atom. The predicted molar refractivity (Wildman–Crippen MR) is 81.8 cm³/mol. The minimum atomic E-state index is -0.515. The fraction of sp³-hybridized carbons (Fsp3) is 0.500. The van der Waals surface area contributed by atoms with Crippen molar-refractivity contribution >= 4 is 28.9 Å². The third kappa shape index (κ3) is 3.85. The molecule has 106 valence electrons. The van der Waals surface area contributed by atoms with Gasteiger partial charge in [0.2, 0.25) is 5.91 Å². The second-order valence-corrected chi connectivity index (χ2v) is 5.34. The summed E-state index contributed by atoms with van der Waals surface area (Å²) in [4.78, 5) is 14.0. The molecular weight excluding hydrogens is 262 g/mol. The van der Waals surface area contributed by atoms with Crippen molar-refractivity contribution in [2.45, 2.75) is 26.3 Å².